The Morgan fingerprint density at radius 3 is 2.79 bits per heavy atom. The van der Waals surface area contributed by atoms with E-state index in [-0.39, 0.29) is 23.8 Å². The van der Waals surface area contributed by atoms with Crippen LogP contribution in [0.15, 0.2) is 24.8 Å². The van der Waals surface area contributed by atoms with E-state index in [1.54, 1.807) is 12.5 Å². The molecule has 2 aromatic heterocycles. The molecule has 0 bridgehead atoms. The van der Waals surface area contributed by atoms with Crippen molar-refractivity contribution in [2.45, 2.75) is 31.7 Å². The molecule has 1 aliphatic carbocycles. The first kappa shape index (κ1) is 15.1. The highest BCUT2D eigenvalue weighted by Crippen LogP contribution is 2.35. The minimum Gasteiger partial charge on any atom is -0.349 e. The molecule has 2 atom stereocenters. The van der Waals surface area contributed by atoms with Gasteiger partial charge in [0.2, 0.25) is 11.9 Å². The van der Waals surface area contributed by atoms with Crippen molar-refractivity contribution in [1.82, 2.24) is 24.4 Å². The number of anilines is 1. The molecule has 4 rings (SSSR count). The SMILES string of the molecule is Cc1ccnc(N[C@@H]2CN(C(=O)C3CC3)C[C@H]2c2cn(C)cn2)n1. The molecule has 7 heteroatoms. The Morgan fingerprint density at radius 1 is 1.29 bits per heavy atom. The van der Waals surface area contributed by atoms with Crippen molar-refractivity contribution in [3.63, 3.8) is 0 Å². The first-order valence-electron chi connectivity index (χ1n) is 8.43. The van der Waals surface area contributed by atoms with Gasteiger partial charge in [0.05, 0.1) is 18.1 Å². The summed E-state index contributed by atoms with van der Waals surface area (Å²) in [5.41, 5.74) is 1.93. The number of amides is 1. The molecular weight excluding hydrogens is 304 g/mol. The van der Waals surface area contributed by atoms with E-state index in [0.29, 0.717) is 19.0 Å². The largest absolute Gasteiger partial charge is 0.349 e. The van der Waals surface area contributed by atoms with Crippen molar-refractivity contribution in [2.24, 2.45) is 13.0 Å². The molecule has 2 fully saturated rings. The molecule has 0 unspecified atom stereocenters. The molecule has 1 saturated carbocycles. The minimum absolute atomic E-state index is 0.0735. The van der Waals surface area contributed by atoms with Crippen LogP contribution in [0.2, 0.25) is 0 Å². The summed E-state index contributed by atoms with van der Waals surface area (Å²) in [6.45, 7) is 3.32. The molecule has 1 N–H and O–H groups in total. The van der Waals surface area contributed by atoms with Crippen LogP contribution in [0.1, 0.15) is 30.1 Å². The lowest BCUT2D eigenvalue weighted by atomic mass is 10.0. The van der Waals surface area contributed by atoms with Gasteiger partial charge >= 0.3 is 0 Å². The summed E-state index contributed by atoms with van der Waals surface area (Å²) in [6.07, 6.45) is 7.65. The summed E-state index contributed by atoms with van der Waals surface area (Å²) >= 11 is 0. The molecule has 126 valence electrons. The van der Waals surface area contributed by atoms with Gasteiger partial charge < -0.3 is 14.8 Å². The molecule has 0 spiro atoms. The van der Waals surface area contributed by atoms with Gasteiger partial charge in [-0.3, -0.25) is 4.79 Å². The molecule has 2 aromatic rings. The third kappa shape index (κ3) is 2.98. The average Bonchev–Trinajstić information content (AvgIpc) is 3.19. The van der Waals surface area contributed by atoms with E-state index < -0.39 is 0 Å². The summed E-state index contributed by atoms with van der Waals surface area (Å²) in [7, 11) is 1.96. The van der Waals surface area contributed by atoms with Crippen LogP contribution in [0.3, 0.4) is 0 Å². The third-order valence-corrected chi connectivity index (χ3v) is 4.77. The van der Waals surface area contributed by atoms with Gasteiger partial charge in [-0.2, -0.15) is 0 Å². The Kier molecular flexibility index (Phi) is 3.70. The average molecular weight is 326 g/mol. The zero-order valence-electron chi connectivity index (χ0n) is 14.0. The predicted octanol–water partition coefficient (Wildman–Crippen LogP) is 1.34. The zero-order chi connectivity index (χ0) is 16.7. The standard InChI is InChI=1S/C17H22N6O/c1-11-5-6-18-17(20-11)21-15-9-23(16(24)12-3-4-12)7-13(15)14-8-22(2)10-19-14/h5-6,8,10,12-13,15H,3-4,7,9H2,1-2H3,(H,18,20,21)/t13-,15+/m0/s1. The Balaban J connectivity index is 1.57. The molecule has 1 amide bonds. The van der Waals surface area contributed by atoms with Crippen LogP contribution in [0.4, 0.5) is 5.95 Å². The maximum Gasteiger partial charge on any atom is 0.225 e. The van der Waals surface area contributed by atoms with E-state index in [1.807, 2.05) is 35.7 Å². The van der Waals surface area contributed by atoms with Gasteiger partial charge in [-0.25, -0.2) is 15.0 Å². The molecular formula is C17H22N6O. The van der Waals surface area contributed by atoms with Crippen molar-refractivity contribution in [3.05, 3.63) is 36.2 Å². The summed E-state index contributed by atoms with van der Waals surface area (Å²) in [5, 5.41) is 3.42. The van der Waals surface area contributed by atoms with Crippen LogP contribution in [0.5, 0.6) is 0 Å². The normalized spacial score (nSPS) is 23.5. The predicted molar refractivity (Wildman–Crippen MR) is 89.4 cm³/mol. The van der Waals surface area contributed by atoms with Crippen molar-refractivity contribution < 1.29 is 4.79 Å². The third-order valence-electron chi connectivity index (χ3n) is 4.77. The van der Waals surface area contributed by atoms with Crippen LogP contribution in [-0.2, 0) is 11.8 Å². The van der Waals surface area contributed by atoms with E-state index in [9.17, 15) is 4.79 Å². The maximum atomic E-state index is 12.5. The van der Waals surface area contributed by atoms with Gasteiger partial charge in [-0.15, -0.1) is 0 Å². The van der Waals surface area contributed by atoms with Gasteiger partial charge in [-0.05, 0) is 25.8 Å². The minimum atomic E-state index is 0.0735. The second kappa shape index (κ2) is 5.89. The quantitative estimate of drug-likeness (QED) is 0.917. The van der Waals surface area contributed by atoms with E-state index >= 15 is 0 Å². The highest BCUT2D eigenvalue weighted by Gasteiger charge is 2.42. The number of carbonyl (C=O) groups excluding carboxylic acids is 1. The Hall–Kier alpha value is -2.44. The highest BCUT2D eigenvalue weighted by molar-refractivity contribution is 5.81. The van der Waals surface area contributed by atoms with E-state index in [0.717, 1.165) is 24.2 Å². The zero-order valence-corrected chi connectivity index (χ0v) is 14.0. The molecule has 24 heavy (non-hydrogen) atoms. The number of hydrogen-bond acceptors (Lipinski definition) is 5. The number of likely N-dealkylation sites (tertiary alicyclic amines) is 1. The Morgan fingerprint density at radius 2 is 2.12 bits per heavy atom. The first-order chi connectivity index (χ1) is 11.6. The first-order valence-corrected chi connectivity index (χ1v) is 8.43. The Labute approximate surface area is 141 Å². The lowest BCUT2D eigenvalue weighted by Crippen LogP contribution is -2.33. The number of rotatable bonds is 4. The summed E-state index contributed by atoms with van der Waals surface area (Å²) < 4.78 is 1.95. The van der Waals surface area contributed by atoms with Gasteiger partial charge in [0, 0.05) is 50.1 Å². The number of nitrogens with one attached hydrogen (secondary N) is 1. The number of aromatic nitrogens is 4. The fourth-order valence-corrected chi connectivity index (χ4v) is 3.33. The number of carbonyl (C=O) groups is 1. The summed E-state index contributed by atoms with van der Waals surface area (Å²) in [6, 6.07) is 1.95. The summed E-state index contributed by atoms with van der Waals surface area (Å²) in [4.78, 5) is 27.7. The van der Waals surface area contributed by atoms with Crippen LogP contribution in [0, 0.1) is 12.8 Å². The molecule has 1 aliphatic heterocycles. The van der Waals surface area contributed by atoms with Crippen LogP contribution in [-0.4, -0.2) is 49.5 Å². The van der Waals surface area contributed by atoms with E-state index in [1.165, 1.54) is 0 Å². The van der Waals surface area contributed by atoms with Gasteiger partial charge in [-0.1, -0.05) is 0 Å². The van der Waals surface area contributed by atoms with Crippen LogP contribution >= 0.6 is 0 Å². The Bertz CT molecular complexity index is 753. The van der Waals surface area contributed by atoms with E-state index in [4.69, 9.17) is 0 Å². The van der Waals surface area contributed by atoms with E-state index in [2.05, 4.69) is 20.3 Å². The van der Waals surface area contributed by atoms with Gasteiger partial charge in [0.15, 0.2) is 0 Å². The van der Waals surface area contributed by atoms with Crippen LogP contribution < -0.4 is 5.32 Å². The molecule has 3 heterocycles. The lowest BCUT2D eigenvalue weighted by molar-refractivity contribution is -0.131. The molecule has 2 aliphatic rings. The van der Waals surface area contributed by atoms with Gasteiger partial charge in [0.1, 0.15) is 0 Å². The van der Waals surface area contributed by atoms with Gasteiger partial charge in [0.25, 0.3) is 0 Å². The topological polar surface area (TPSA) is 75.9 Å². The second-order valence-electron chi connectivity index (χ2n) is 6.86. The van der Waals surface area contributed by atoms with Crippen molar-refractivity contribution >= 4 is 11.9 Å². The van der Waals surface area contributed by atoms with Crippen LogP contribution in [0.25, 0.3) is 0 Å². The van der Waals surface area contributed by atoms with Crippen molar-refractivity contribution in [1.29, 1.82) is 0 Å². The molecule has 0 aromatic carbocycles. The van der Waals surface area contributed by atoms with Crippen molar-refractivity contribution in [2.75, 3.05) is 18.4 Å². The van der Waals surface area contributed by atoms with Crippen molar-refractivity contribution in [3.8, 4) is 0 Å². The molecule has 1 saturated heterocycles. The second-order valence-corrected chi connectivity index (χ2v) is 6.86. The summed E-state index contributed by atoms with van der Waals surface area (Å²) in [5.74, 6) is 1.29. The lowest BCUT2D eigenvalue weighted by Gasteiger charge is -2.18. The maximum absolute atomic E-state index is 12.5. The fourth-order valence-electron chi connectivity index (χ4n) is 3.33. The fraction of sp³-hybridized carbons (Fsp3) is 0.529. The molecule has 7 nitrogen and oxygen atoms in total. The highest BCUT2D eigenvalue weighted by atomic mass is 16.2. The number of imidazole rings is 1. The smallest absolute Gasteiger partial charge is 0.225 e. The monoisotopic (exact) mass is 326 g/mol. The number of hydrogen-bond donors (Lipinski definition) is 1. The molecule has 0 radical (unpaired) electrons. The number of nitrogens with zero attached hydrogens (tertiary/aromatic N) is 5. The number of aryl methyl sites for hydroxylation is 2.